The number of anilines is 1. The van der Waals surface area contributed by atoms with Crippen molar-refractivity contribution in [1.82, 2.24) is 9.80 Å². The molecule has 0 radical (unpaired) electrons. The molecule has 0 aliphatic carbocycles. The summed E-state index contributed by atoms with van der Waals surface area (Å²) in [6, 6.07) is 9.33. The molecule has 1 heterocycles. The van der Waals surface area contributed by atoms with Gasteiger partial charge in [0.1, 0.15) is 0 Å². The summed E-state index contributed by atoms with van der Waals surface area (Å²) >= 11 is 0. The van der Waals surface area contributed by atoms with Crippen molar-refractivity contribution in [3.05, 3.63) is 30.3 Å². The Balaban J connectivity index is 1.89. The third kappa shape index (κ3) is 4.07. The maximum absolute atomic E-state index is 12.2. The van der Waals surface area contributed by atoms with Crippen molar-refractivity contribution in [3.8, 4) is 0 Å². The molecule has 0 bridgehead atoms. The Morgan fingerprint density at radius 3 is 2.32 bits per heavy atom. The summed E-state index contributed by atoms with van der Waals surface area (Å²) in [6.45, 7) is 4.13. The fourth-order valence-corrected chi connectivity index (χ4v) is 2.52. The smallest absolute Gasteiger partial charge is 0.224 e. The monoisotopic (exact) mass is 303 g/mol. The number of piperazine rings is 1. The molecule has 6 heteroatoms. The average Bonchev–Trinajstić information content (AvgIpc) is 2.55. The number of hydrogen-bond donors (Lipinski definition) is 0. The number of benzene rings is 1. The summed E-state index contributed by atoms with van der Waals surface area (Å²) in [7, 11) is 0. The molecule has 0 N–H and O–H groups in total. The zero-order chi connectivity index (χ0) is 15.9. The van der Waals surface area contributed by atoms with Gasteiger partial charge in [0.05, 0.1) is 0 Å². The van der Waals surface area contributed by atoms with Gasteiger partial charge in [-0.25, -0.2) is 0 Å². The van der Waals surface area contributed by atoms with E-state index in [-0.39, 0.29) is 18.2 Å². The fourth-order valence-electron chi connectivity index (χ4n) is 2.52. The molecule has 1 saturated heterocycles. The van der Waals surface area contributed by atoms with E-state index in [1.54, 1.807) is 14.7 Å². The quantitative estimate of drug-likeness (QED) is 0.754. The molecular formula is C16H21N3O3. The lowest BCUT2D eigenvalue weighted by Gasteiger charge is -2.33. The SMILES string of the molecule is CC(=O)N(CCC(=O)N1CCN(C=O)CC1)c1ccccc1. The predicted octanol–water partition coefficient (Wildman–Crippen LogP) is 0.730. The van der Waals surface area contributed by atoms with E-state index in [0.717, 1.165) is 12.1 Å². The second-order valence-electron chi connectivity index (χ2n) is 5.28. The van der Waals surface area contributed by atoms with Crippen LogP contribution in [0.1, 0.15) is 13.3 Å². The minimum atomic E-state index is -0.0789. The first-order valence-corrected chi connectivity index (χ1v) is 7.42. The molecule has 2 rings (SSSR count). The van der Waals surface area contributed by atoms with Crippen LogP contribution in [0.3, 0.4) is 0 Å². The van der Waals surface area contributed by atoms with E-state index in [4.69, 9.17) is 0 Å². The summed E-state index contributed by atoms with van der Waals surface area (Å²) in [4.78, 5) is 39.7. The molecule has 0 unspecified atom stereocenters. The summed E-state index contributed by atoms with van der Waals surface area (Å²) < 4.78 is 0. The Morgan fingerprint density at radius 2 is 1.77 bits per heavy atom. The number of amides is 3. The molecule has 6 nitrogen and oxygen atoms in total. The Kier molecular flexibility index (Phi) is 5.52. The third-order valence-corrected chi connectivity index (χ3v) is 3.81. The van der Waals surface area contributed by atoms with Crippen LogP contribution in [0.2, 0.25) is 0 Å². The molecule has 0 atom stereocenters. The van der Waals surface area contributed by atoms with Crippen LogP contribution in [0.5, 0.6) is 0 Å². The molecular weight excluding hydrogens is 282 g/mol. The molecule has 22 heavy (non-hydrogen) atoms. The number of carbonyl (C=O) groups is 3. The second kappa shape index (κ2) is 7.59. The number of carbonyl (C=O) groups excluding carboxylic acids is 3. The standard InChI is InChI=1S/C16H21N3O3/c1-14(21)19(15-5-3-2-4-6-15)8-7-16(22)18-11-9-17(13-20)10-12-18/h2-6,13H,7-12H2,1H3. The zero-order valence-electron chi connectivity index (χ0n) is 12.8. The second-order valence-corrected chi connectivity index (χ2v) is 5.28. The highest BCUT2D eigenvalue weighted by Crippen LogP contribution is 2.14. The maximum Gasteiger partial charge on any atom is 0.224 e. The lowest BCUT2D eigenvalue weighted by atomic mass is 10.2. The van der Waals surface area contributed by atoms with Crippen molar-refractivity contribution < 1.29 is 14.4 Å². The lowest BCUT2D eigenvalue weighted by Crippen LogP contribution is -2.48. The van der Waals surface area contributed by atoms with Gasteiger partial charge in [-0.3, -0.25) is 14.4 Å². The Bertz CT molecular complexity index is 525. The molecule has 1 aliphatic rings. The van der Waals surface area contributed by atoms with Crippen molar-refractivity contribution in [2.75, 3.05) is 37.6 Å². The van der Waals surface area contributed by atoms with Crippen molar-refractivity contribution in [2.24, 2.45) is 0 Å². The highest BCUT2D eigenvalue weighted by Gasteiger charge is 2.21. The van der Waals surface area contributed by atoms with Crippen molar-refractivity contribution in [2.45, 2.75) is 13.3 Å². The molecule has 1 aliphatic heterocycles. The van der Waals surface area contributed by atoms with E-state index >= 15 is 0 Å². The van der Waals surface area contributed by atoms with Crippen LogP contribution in [-0.2, 0) is 14.4 Å². The van der Waals surface area contributed by atoms with Gasteiger partial charge in [0.15, 0.2) is 0 Å². The van der Waals surface area contributed by atoms with Gasteiger partial charge in [0.2, 0.25) is 18.2 Å². The summed E-state index contributed by atoms with van der Waals surface area (Å²) in [5.41, 5.74) is 0.800. The first kappa shape index (κ1) is 16.0. The van der Waals surface area contributed by atoms with E-state index in [1.807, 2.05) is 30.3 Å². The first-order chi connectivity index (χ1) is 10.6. The molecule has 1 aromatic rings. The summed E-state index contributed by atoms with van der Waals surface area (Å²) in [5.74, 6) is -0.0579. The highest BCUT2D eigenvalue weighted by molar-refractivity contribution is 5.92. The Morgan fingerprint density at radius 1 is 1.14 bits per heavy atom. The van der Waals surface area contributed by atoms with Gasteiger partial charge in [-0.15, -0.1) is 0 Å². The van der Waals surface area contributed by atoms with E-state index in [0.29, 0.717) is 32.7 Å². The summed E-state index contributed by atoms with van der Waals surface area (Å²) in [5, 5.41) is 0. The highest BCUT2D eigenvalue weighted by atomic mass is 16.2. The van der Waals surface area contributed by atoms with Gasteiger partial charge in [0, 0.05) is 51.8 Å². The van der Waals surface area contributed by atoms with Gasteiger partial charge < -0.3 is 14.7 Å². The fraction of sp³-hybridized carbons (Fsp3) is 0.438. The van der Waals surface area contributed by atoms with Crippen molar-refractivity contribution in [3.63, 3.8) is 0 Å². The van der Waals surface area contributed by atoms with E-state index in [2.05, 4.69) is 0 Å². The lowest BCUT2D eigenvalue weighted by molar-refractivity contribution is -0.135. The van der Waals surface area contributed by atoms with E-state index in [9.17, 15) is 14.4 Å². The van der Waals surface area contributed by atoms with Crippen LogP contribution in [0.15, 0.2) is 30.3 Å². The van der Waals surface area contributed by atoms with Gasteiger partial charge in [-0.1, -0.05) is 18.2 Å². The minimum absolute atomic E-state index is 0.0210. The topological polar surface area (TPSA) is 60.9 Å². The molecule has 0 aromatic heterocycles. The third-order valence-electron chi connectivity index (χ3n) is 3.81. The van der Waals surface area contributed by atoms with Crippen LogP contribution in [0.4, 0.5) is 5.69 Å². The Labute approximate surface area is 130 Å². The van der Waals surface area contributed by atoms with Crippen LogP contribution in [0, 0.1) is 0 Å². The molecule has 3 amide bonds. The van der Waals surface area contributed by atoms with Crippen molar-refractivity contribution >= 4 is 23.9 Å². The van der Waals surface area contributed by atoms with Crippen LogP contribution >= 0.6 is 0 Å². The molecule has 1 aromatic carbocycles. The van der Waals surface area contributed by atoms with Gasteiger partial charge >= 0.3 is 0 Å². The normalized spacial score (nSPS) is 14.6. The number of para-hydroxylation sites is 1. The van der Waals surface area contributed by atoms with Crippen molar-refractivity contribution in [1.29, 1.82) is 0 Å². The molecule has 1 fully saturated rings. The van der Waals surface area contributed by atoms with Crippen LogP contribution < -0.4 is 4.90 Å². The van der Waals surface area contributed by atoms with Gasteiger partial charge in [0.25, 0.3) is 0 Å². The first-order valence-electron chi connectivity index (χ1n) is 7.42. The largest absolute Gasteiger partial charge is 0.342 e. The average molecular weight is 303 g/mol. The van der Waals surface area contributed by atoms with E-state index in [1.165, 1.54) is 6.92 Å². The molecule has 0 spiro atoms. The molecule has 118 valence electrons. The van der Waals surface area contributed by atoms with Crippen LogP contribution in [-0.4, -0.2) is 60.7 Å². The minimum Gasteiger partial charge on any atom is -0.342 e. The zero-order valence-corrected chi connectivity index (χ0v) is 12.8. The predicted molar refractivity (Wildman–Crippen MR) is 83.3 cm³/mol. The van der Waals surface area contributed by atoms with Gasteiger partial charge in [-0.2, -0.15) is 0 Å². The number of nitrogens with zero attached hydrogens (tertiary/aromatic N) is 3. The van der Waals surface area contributed by atoms with Crippen LogP contribution in [0.25, 0.3) is 0 Å². The van der Waals surface area contributed by atoms with Gasteiger partial charge in [-0.05, 0) is 12.1 Å². The maximum atomic E-state index is 12.2. The van der Waals surface area contributed by atoms with E-state index < -0.39 is 0 Å². The summed E-state index contributed by atoms with van der Waals surface area (Å²) in [6.07, 6.45) is 1.10. The number of hydrogen-bond acceptors (Lipinski definition) is 3. The number of rotatable bonds is 5. The Hall–Kier alpha value is -2.37. The molecule has 0 saturated carbocycles.